The molecule has 0 bridgehead atoms. The minimum Gasteiger partial charge on any atom is -0.497 e. The highest BCUT2D eigenvalue weighted by Gasteiger charge is 2.66. The first-order chi connectivity index (χ1) is 17.6. The smallest absolute Gasteiger partial charge is 0.414 e. The molecule has 4 atom stereocenters. The highest BCUT2D eigenvalue weighted by molar-refractivity contribution is 6.72. The summed E-state index contributed by atoms with van der Waals surface area (Å²) in [6, 6.07) is 12.9. The van der Waals surface area contributed by atoms with Crippen molar-refractivity contribution in [1.82, 2.24) is 0 Å². The second-order valence-corrected chi connectivity index (χ2v) is 14.3. The van der Waals surface area contributed by atoms with Gasteiger partial charge in [-0.25, -0.2) is 4.79 Å². The topological polar surface area (TPSA) is 88.5 Å². The van der Waals surface area contributed by atoms with Crippen LogP contribution in [0.2, 0.25) is 18.6 Å². The van der Waals surface area contributed by atoms with Crippen molar-refractivity contribution in [3.05, 3.63) is 53.6 Å². The highest BCUT2D eigenvalue weighted by atomic mass is 28.4. The maximum absolute atomic E-state index is 15.7. The van der Waals surface area contributed by atoms with Gasteiger partial charge in [-0.2, -0.15) is 0 Å². The molecule has 3 heterocycles. The molecular weight excluding hydrogens is 495 g/mol. The molecule has 3 aliphatic rings. The van der Waals surface area contributed by atoms with Crippen molar-refractivity contribution < 1.29 is 33.0 Å². The van der Waals surface area contributed by atoms with E-state index in [-0.39, 0.29) is 25.5 Å². The van der Waals surface area contributed by atoms with E-state index in [9.17, 15) is 14.7 Å². The number of ether oxygens (including phenoxy) is 3. The first kappa shape index (κ1) is 25.7. The molecule has 37 heavy (non-hydrogen) atoms. The van der Waals surface area contributed by atoms with E-state index in [0.717, 1.165) is 5.56 Å². The summed E-state index contributed by atoms with van der Waals surface area (Å²) < 4.78 is 32.7. The van der Waals surface area contributed by atoms with E-state index in [1.807, 2.05) is 43.3 Å². The fraction of sp³-hybridized carbons (Fsp3) is 0.481. The number of aliphatic hydroxyl groups is 1. The second kappa shape index (κ2) is 9.41. The maximum atomic E-state index is 15.7. The number of nitrogens with zero attached hydrogens (tertiary/aromatic N) is 2. The molecule has 1 N–H and O–H groups in total. The van der Waals surface area contributed by atoms with E-state index in [2.05, 4.69) is 0 Å². The molecule has 1 spiro atoms. The van der Waals surface area contributed by atoms with E-state index in [1.165, 1.54) is 0 Å². The largest absolute Gasteiger partial charge is 0.497 e. The molecule has 3 aliphatic heterocycles. The quantitative estimate of drug-likeness (QED) is 0.425. The Morgan fingerprint density at radius 1 is 1.22 bits per heavy atom. The molecule has 10 heteroatoms. The summed E-state index contributed by atoms with van der Waals surface area (Å²) in [7, 11) is -1.71. The Balaban J connectivity index is 1.56. The number of methoxy groups -OCH3 is 1. The number of carbonyl (C=O) groups is 2. The number of halogens is 1. The van der Waals surface area contributed by atoms with Crippen LogP contribution in [0.15, 0.2) is 42.5 Å². The molecule has 2 saturated heterocycles. The summed E-state index contributed by atoms with van der Waals surface area (Å²) >= 11 is 0. The Hall–Kier alpha value is -2.95. The zero-order valence-corrected chi connectivity index (χ0v) is 22.6. The van der Waals surface area contributed by atoms with Crippen LogP contribution in [-0.2, 0) is 26.4 Å². The Kier molecular flexibility index (Phi) is 6.53. The molecule has 198 valence electrons. The Morgan fingerprint density at radius 2 is 2.00 bits per heavy atom. The van der Waals surface area contributed by atoms with Crippen LogP contribution in [0.4, 0.5) is 20.3 Å². The number of cyclic esters (lactones) is 1. The van der Waals surface area contributed by atoms with Crippen molar-refractivity contribution >= 4 is 31.8 Å². The summed E-state index contributed by atoms with van der Waals surface area (Å²) in [5.74, 6) is -0.111. The zero-order chi connectivity index (χ0) is 26.5. The minimum absolute atomic E-state index is 0.150. The molecule has 0 aliphatic carbocycles. The third-order valence-electron chi connectivity index (χ3n) is 7.91. The molecule has 0 saturated carbocycles. The molecule has 2 amide bonds. The number of anilines is 2. The number of carbonyl (C=O) groups excluding carboxylic acids is 2. The van der Waals surface area contributed by atoms with E-state index in [4.69, 9.17) is 14.2 Å². The third-order valence-corrected chi connectivity index (χ3v) is 10.4. The first-order valence-corrected chi connectivity index (χ1v) is 15.6. The van der Waals surface area contributed by atoms with Crippen LogP contribution < -0.4 is 14.5 Å². The van der Waals surface area contributed by atoms with E-state index in [1.54, 1.807) is 36.1 Å². The predicted octanol–water partition coefficient (Wildman–Crippen LogP) is 4.36. The van der Waals surface area contributed by atoms with Crippen LogP contribution in [0.25, 0.3) is 0 Å². The van der Waals surface area contributed by atoms with Crippen LogP contribution >= 0.6 is 0 Å². The minimum atomic E-state index is -3.27. The van der Waals surface area contributed by atoms with Gasteiger partial charge in [0.2, 0.25) is 8.41 Å². The number of fused-ring (bicyclic) bond motifs is 2. The van der Waals surface area contributed by atoms with E-state index >= 15 is 4.11 Å². The number of aliphatic hydroxyl groups excluding tert-OH is 1. The summed E-state index contributed by atoms with van der Waals surface area (Å²) in [5.41, 5.74) is 1.04. The number of hydrogen-bond donors (Lipinski definition) is 1. The lowest BCUT2D eigenvalue weighted by atomic mass is 9.82. The van der Waals surface area contributed by atoms with Crippen molar-refractivity contribution in [3.8, 4) is 5.75 Å². The summed E-state index contributed by atoms with van der Waals surface area (Å²) in [6.07, 6.45) is -0.699. The van der Waals surface area contributed by atoms with Gasteiger partial charge in [0.05, 0.1) is 32.0 Å². The zero-order valence-electron chi connectivity index (χ0n) is 21.6. The van der Waals surface area contributed by atoms with Crippen LogP contribution in [0.1, 0.15) is 24.5 Å². The van der Waals surface area contributed by atoms with Gasteiger partial charge in [-0.15, -0.1) is 0 Å². The maximum Gasteiger partial charge on any atom is 0.414 e. The van der Waals surface area contributed by atoms with Gasteiger partial charge < -0.3 is 28.3 Å². The van der Waals surface area contributed by atoms with Gasteiger partial charge >= 0.3 is 6.09 Å². The molecule has 0 radical (unpaired) electrons. The van der Waals surface area contributed by atoms with Crippen molar-refractivity contribution in [3.63, 3.8) is 0 Å². The average molecular weight is 529 g/mol. The molecule has 5 rings (SSSR count). The summed E-state index contributed by atoms with van der Waals surface area (Å²) in [6.45, 7) is 6.07. The molecule has 2 aromatic carbocycles. The molecule has 8 nitrogen and oxygen atoms in total. The average Bonchev–Trinajstić information content (AvgIpc) is 3.49. The van der Waals surface area contributed by atoms with E-state index in [0.29, 0.717) is 35.8 Å². The number of amides is 2. The molecule has 2 aromatic rings. The normalized spacial score (nSPS) is 27.2. The van der Waals surface area contributed by atoms with E-state index < -0.39 is 37.7 Å². The predicted molar refractivity (Wildman–Crippen MR) is 139 cm³/mol. The Morgan fingerprint density at radius 3 is 2.65 bits per heavy atom. The van der Waals surface area contributed by atoms with Crippen LogP contribution in [-0.4, -0.2) is 58.5 Å². The number of benzene rings is 2. The van der Waals surface area contributed by atoms with Gasteiger partial charge in [0.1, 0.15) is 12.4 Å². The highest BCUT2D eigenvalue weighted by Crippen LogP contribution is 2.60. The summed E-state index contributed by atoms with van der Waals surface area (Å²) in [4.78, 5) is 29.6. The van der Waals surface area contributed by atoms with Crippen LogP contribution in [0, 0.1) is 5.92 Å². The van der Waals surface area contributed by atoms with Crippen molar-refractivity contribution in [1.29, 1.82) is 0 Å². The van der Waals surface area contributed by atoms with Gasteiger partial charge in [0.15, 0.2) is 5.60 Å². The lowest BCUT2D eigenvalue weighted by Crippen LogP contribution is -2.45. The standard InChI is InChI=1S/C27H33FN2O6Si/c1-17-24(37(3,4)28)23(10-12-31)36-27(17)21-15-20(34-2)8-9-22(21)30(25(27)32)16-18-6-5-7-19(14-18)29-11-13-35-26(29)33/h5-9,14-15,17,23-24,31H,10-13,16H2,1-4H3/t17-,23+,24-,27+/m0/s1. The Bertz CT molecular complexity index is 1220. The Labute approximate surface area is 217 Å². The molecular formula is C27H33FN2O6Si. The second-order valence-electron chi connectivity index (χ2n) is 10.5. The molecule has 0 aromatic heterocycles. The van der Waals surface area contributed by atoms with Crippen molar-refractivity contribution in [2.75, 3.05) is 36.7 Å². The fourth-order valence-corrected chi connectivity index (χ4v) is 8.88. The van der Waals surface area contributed by atoms with Crippen molar-refractivity contribution in [2.24, 2.45) is 5.92 Å². The SMILES string of the molecule is COc1ccc2c(c1)[C@@]1(O[C@H](CCO)[C@@H]([Si](C)(C)F)[C@@H]1C)C(=O)N2Cc1cccc(N2CCOC2=O)c1. The fourth-order valence-electron chi connectivity index (χ4n) is 6.34. The van der Waals surface area contributed by atoms with Gasteiger partial charge in [-0.1, -0.05) is 19.1 Å². The number of hydrogen-bond acceptors (Lipinski definition) is 6. The van der Waals surface area contributed by atoms with Crippen LogP contribution in [0.5, 0.6) is 5.75 Å². The first-order valence-electron chi connectivity index (χ1n) is 12.6. The van der Waals surface area contributed by atoms with Gasteiger partial charge in [0, 0.05) is 29.3 Å². The van der Waals surface area contributed by atoms with Gasteiger partial charge in [-0.3, -0.25) is 9.69 Å². The molecule has 2 fully saturated rings. The van der Waals surface area contributed by atoms with Crippen LogP contribution in [0.3, 0.4) is 0 Å². The monoisotopic (exact) mass is 528 g/mol. The number of rotatable bonds is 7. The molecule has 0 unspecified atom stereocenters. The van der Waals surface area contributed by atoms with Gasteiger partial charge in [-0.05, 0) is 55.4 Å². The lowest BCUT2D eigenvalue weighted by Gasteiger charge is -2.31. The van der Waals surface area contributed by atoms with Crippen molar-refractivity contribution in [2.45, 2.75) is 50.2 Å². The third kappa shape index (κ3) is 4.11. The van der Waals surface area contributed by atoms with Gasteiger partial charge in [0.25, 0.3) is 5.91 Å². The summed E-state index contributed by atoms with van der Waals surface area (Å²) in [5, 5.41) is 9.71. The lowest BCUT2D eigenvalue weighted by molar-refractivity contribution is -0.146.